The van der Waals surface area contributed by atoms with Gasteiger partial charge in [-0.05, 0) is 18.2 Å². The van der Waals surface area contributed by atoms with Crippen LogP contribution in [-0.4, -0.2) is 10.1 Å². The van der Waals surface area contributed by atoms with Gasteiger partial charge in [0.2, 0.25) is 0 Å². The molecule has 17 heavy (non-hydrogen) atoms. The minimum atomic E-state index is -0.152. The molecule has 1 N–H and O–H groups in total. The molecule has 0 unspecified atom stereocenters. The first-order valence-corrected chi connectivity index (χ1v) is 5.24. The van der Waals surface area contributed by atoms with E-state index in [1.807, 2.05) is 0 Å². The fourth-order valence-corrected chi connectivity index (χ4v) is 1.78. The van der Waals surface area contributed by atoms with E-state index in [-0.39, 0.29) is 16.2 Å². The lowest BCUT2D eigenvalue weighted by Crippen LogP contribution is -1.99. The van der Waals surface area contributed by atoms with Gasteiger partial charge in [-0.1, -0.05) is 11.6 Å². The highest BCUT2D eigenvalue weighted by Crippen LogP contribution is 2.31. The average molecular weight is 248 g/mol. The minimum Gasteiger partial charge on any atom is -0.506 e. The SMILES string of the molecule is O=c1ccc2nc3cc(Cl)c(O)cc3oc-2c1. The zero-order valence-corrected chi connectivity index (χ0v) is 9.23. The molecule has 5 heteroatoms. The second-order valence-corrected chi connectivity index (χ2v) is 4.02. The molecule has 2 aliphatic rings. The number of aromatic hydroxyl groups is 1. The van der Waals surface area contributed by atoms with Gasteiger partial charge < -0.3 is 9.52 Å². The van der Waals surface area contributed by atoms with Gasteiger partial charge in [0, 0.05) is 12.1 Å². The zero-order valence-electron chi connectivity index (χ0n) is 8.48. The third-order valence-corrected chi connectivity index (χ3v) is 2.72. The lowest BCUT2D eigenvalue weighted by molar-refractivity contribution is 0.474. The van der Waals surface area contributed by atoms with Gasteiger partial charge in [0.25, 0.3) is 0 Å². The maximum absolute atomic E-state index is 11.2. The van der Waals surface area contributed by atoms with Gasteiger partial charge in [-0.25, -0.2) is 4.98 Å². The number of fused-ring (bicyclic) bond motifs is 2. The number of benzene rings is 2. The van der Waals surface area contributed by atoms with Crippen LogP contribution in [0, 0.1) is 0 Å². The average Bonchev–Trinajstić information content (AvgIpc) is 2.28. The Balaban J connectivity index is 2.45. The van der Waals surface area contributed by atoms with Gasteiger partial charge >= 0.3 is 0 Å². The van der Waals surface area contributed by atoms with Crippen LogP contribution in [0.1, 0.15) is 0 Å². The van der Waals surface area contributed by atoms with Crippen molar-refractivity contribution in [2.24, 2.45) is 0 Å². The van der Waals surface area contributed by atoms with E-state index in [2.05, 4.69) is 4.98 Å². The number of aromatic nitrogens is 1. The number of phenols is 1. The van der Waals surface area contributed by atoms with Crippen molar-refractivity contribution in [1.82, 2.24) is 4.98 Å². The van der Waals surface area contributed by atoms with E-state index in [1.165, 1.54) is 24.3 Å². The maximum atomic E-state index is 11.2. The standard InChI is InChI=1S/C12H6ClNO3/c13-7-4-9-12(5-10(7)16)17-11-3-6(15)1-2-8(11)14-9/h1-5,16H. The summed E-state index contributed by atoms with van der Waals surface area (Å²) in [6.07, 6.45) is 0. The lowest BCUT2D eigenvalue weighted by atomic mass is 10.2. The lowest BCUT2D eigenvalue weighted by Gasteiger charge is -2.06. The summed E-state index contributed by atoms with van der Waals surface area (Å²) in [4.78, 5) is 15.5. The van der Waals surface area contributed by atoms with Gasteiger partial charge in [0.05, 0.1) is 5.02 Å². The summed E-state index contributed by atoms with van der Waals surface area (Å²) in [7, 11) is 0. The summed E-state index contributed by atoms with van der Waals surface area (Å²) in [6.45, 7) is 0. The fourth-order valence-electron chi connectivity index (χ4n) is 1.62. The Morgan fingerprint density at radius 2 is 2.06 bits per heavy atom. The van der Waals surface area contributed by atoms with E-state index in [4.69, 9.17) is 16.0 Å². The molecule has 1 aromatic carbocycles. The van der Waals surface area contributed by atoms with Crippen LogP contribution in [0.2, 0.25) is 5.02 Å². The van der Waals surface area contributed by atoms with Gasteiger partial charge in [-0.2, -0.15) is 0 Å². The molecule has 0 spiro atoms. The summed E-state index contributed by atoms with van der Waals surface area (Å²) in [5.41, 5.74) is 1.32. The third kappa shape index (κ3) is 1.62. The van der Waals surface area contributed by atoms with E-state index < -0.39 is 0 Å². The molecule has 4 nitrogen and oxygen atoms in total. The van der Waals surface area contributed by atoms with Crippen LogP contribution in [0.4, 0.5) is 0 Å². The minimum absolute atomic E-state index is 0.0812. The first-order chi connectivity index (χ1) is 8.13. The molecule has 0 amide bonds. The van der Waals surface area contributed by atoms with E-state index in [0.717, 1.165) is 0 Å². The Morgan fingerprint density at radius 1 is 1.24 bits per heavy atom. The molecule has 84 valence electrons. The predicted octanol–water partition coefficient (Wildman–Crippen LogP) is 2.65. The number of hydrogen-bond donors (Lipinski definition) is 1. The molecular formula is C12H6ClNO3. The van der Waals surface area contributed by atoms with Crippen molar-refractivity contribution in [2.75, 3.05) is 0 Å². The van der Waals surface area contributed by atoms with Crippen molar-refractivity contribution in [2.45, 2.75) is 0 Å². The largest absolute Gasteiger partial charge is 0.506 e. The molecule has 0 radical (unpaired) electrons. The second kappa shape index (κ2) is 3.46. The monoisotopic (exact) mass is 247 g/mol. The summed E-state index contributed by atoms with van der Waals surface area (Å²) >= 11 is 5.78. The van der Waals surface area contributed by atoms with Gasteiger partial charge in [-0.15, -0.1) is 0 Å². The van der Waals surface area contributed by atoms with Crippen LogP contribution in [-0.2, 0) is 0 Å². The van der Waals surface area contributed by atoms with Crippen molar-refractivity contribution in [3.05, 3.63) is 45.6 Å². The van der Waals surface area contributed by atoms with Crippen molar-refractivity contribution >= 4 is 22.7 Å². The Bertz CT molecular complexity index is 751. The van der Waals surface area contributed by atoms with Crippen LogP contribution < -0.4 is 5.43 Å². The number of halogens is 1. The normalized spacial score (nSPS) is 11.1. The molecule has 0 saturated heterocycles. The predicted molar refractivity (Wildman–Crippen MR) is 63.6 cm³/mol. The Labute approximate surface area is 100 Å². The molecular weight excluding hydrogens is 242 g/mol. The van der Waals surface area contributed by atoms with Crippen LogP contribution in [0.5, 0.6) is 5.75 Å². The van der Waals surface area contributed by atoms with Gasteiger partial charge in [0.1, 0.15) is 17.0 Å². The number of phenolic OH excluding ortho intramolecular Hbond substituents is 1. The summed E-state index contributed by atoms with van der Waals surface area (Å²) in [6, 6.07) is 7.25. The molecule has 0 aromatic heterocycles. The first-order valence-electron chi connectivity index (χ1n) is 4.86. The van der Waals surface area contributed by atoms with Crippen molar-refractivity contribution < 1.29 is 9.52 Å². The molecule has 0 atom stereocenters. The van der Waals surface area contributed by atoms with Gasteiger partial charge in [0.15, 0.2) is 16.8 Å². The van der Waals surface area contributed by atoms with E-state index >= 15 is 0 Å². The van der Waals surface area contributed by atoms with E-state index in [9.17, 15) is 9.90 Å². The van der Waals surface area contributed by atoms with Crippen molar-refractivity contribution in [3.8, 4) is 17.2 Å². The topological polar surface area (TPSA) is 63.3 Å². The van der Waals surface area contributed by atoms with E-state index in [0.29, 0.717) is 22.6 Å². The summed E-state index contributed by atoms with van der Waals surface area (Å²) < 4.78 is 5.48. The number of rotatable bonds is 0. The van der Waals surface area contributed by atoms with Crippen LogP contribution >= 0.6 is 11.6 Å². The first kappa shape index (κ1) is 10.1. The highest BCUT2D eigenvalue weighted by molar-refractivity contribution is 6.32. The molecule has 1 aliphatic heterocycles. The fraction of sp³-hybridized carbons (Fsp3) is 0. The Kier molecular flexibility index (Phi) is 2.06. The molecule has 1 heterocycles. The van der Waals surface area contributed by atoms with E-state index in [1.54, 1.807) is 6.07 Å². The second-order valence-electron chi connectivity index (χ2n) is 3.61. The maximum Gasteiger partial charge on any atom is 0.182 e. The molecule has 3 rings (SSSR count). The number of nitrogens with zero attached hydrogens (tertiary/aromatic N) is 1. The van der Waals surface area contributed by atoms with Crippen LogP contribution in [0.3, 0.4) is 0 Å². The van der Waals surface area contributed by atoms with Crippen molar-refractivity contribution in [3.63, 3.8) is 0 Å². The summed E-state index contributed by atoms with van der Waals surface area (Å²) in [5.74, 6) is 0.300. The molecule has 0 bridgehead atoms. The molecule has 0 fully saturated rings. The quantitative estimate of drug-likeness (QED) is 0.621. The van der Waals surface area contributed by atoms with Gasteiger partial charge in [-0.3, -0.25) is 4.79 Å². The zero-order chi connectivity index (χ0) is 12.0. The highest BCUT2D eigenvalue weighted by Gasteiger charge is 2.11. The molecule has 1 aromatic rings. The van der Waals surface area contributed by atoms with Crippen LogP contribution in [0.15, 0.2) is 39.5 Å². The Morgan fingerprint density at radius 3 is 2.88 bits per heavy atom. The van der Waals surface area contributed by atoms with Crippen molar-refractivity contribution in [1.29, 1.82) is 0 Å². The molecule has 1 aliphatic carbocycles. The summed E-state index contributed by atoms with van der Waals surface area (Å²) in [5, 5.41) is 9.67. The highest BCUT2D eigenvalue weighted by atomic mass is 35.5. The van der Waals surface area contributed by atoms with Crippen LogP contribution in [0.25, 0.3) is 22.6 Å². The Hall–Kier alpha value is -2.07. The number of hydrogen-bond acceptors (Lipinski definition) is 4. The molecule has 0 saturated carbocycles. The smallest absolute Gasteiger partial charge is 0.182 e. The third-order valence-electron chi connectivity index (χ3n) is 2.42.